The predicted octanol–water partition coefficient (Wildman–Crippen LogP) is 3.90. The van der Waals surface area contributed by atoms with Crippen LogP contribution in [0.5, 0.6) is 0 Å². The SMILES string of the molecule is Cc1ccc(S(=O)(=O)/C(F)=C(\I)C(F)(F)F)cc1. The highest BCUT2D eigenvalue weighted by atomic mass is 127. The van der Waals surface area contributed by atoms with Crippen LogP contribution in [0.2, 0.25) is 0 Å². The lowest BCUT2D eigenvalue weighted by molar-refractivity contribution is -0.0828. The molecular weight excluding hydrogens is 387 g/mol. The number of aryl methyl sites for hydroxylation is 1. The molecule has 0 atom stereocenters. The zero-order valence-corrected chi connectivity index (χ0v) is 11.9. The number of rotatable bonds is 2. The summed E-state index contributed by atoms with van der Waals surface area (Å²) in [6.07, 6.45) is -5.03. The van der Waals surface area contributed by atoms with Crippen LogP contribution >= 0.6 is 22.6 Å². The van der Waals surface area contributed by atoms with Gasteiger partial charge in [-0.1, -0.05) is 17.7 Å². The van der Waals surface area contributed by atoms with Crippen LogP contribution in [0.25, 0.3) is 0 Å². The summed E-state index contributed by atoms with van der Waals surface area (Å²) in [4.78, 5) is -0.510. The van der Waals surface area contributed by atoms with Crippen LogP contribution in [0.1, 0.15) is 5.56 Å². The summed E-state index contributed by atoms with van der Waals surface area (Å²) in [6, 6.07) is 4.87. The third kappa shape index (κ3) is 3.22. The lowest BCUT2D eigenvalue weighted by atomic mass is 10.2. The first-order valence-corrected chi connectivity index (χ1v) is 7.07. The van der Waals surface area contributed by atoms with Gasteiger partial charge >= 0.3 is 6.18 Å². The van der Waals surface area contributed by atoms with Crippen molar-refractivity contribution in [2.75, 3.05) is 0 Å². The van der Waals surface area contributed by atoms with Gasteiger partial charge in [0.1, 0.15) is 3.58 Å². The van der Waals surface area contributed by atoms with E-state index in [2.05, 4.69) is 0 Å². The number of halogens is 5. The van der Waals surface area contributed by atoms with Crippen molar-refractivity contribution in [1.29, 1.82) is 0 Å². The van der Waals surface area contributed by atoms with E-state index in [0.29, 0.717) is 28.2 Å². The van der Waals surface area contributed by atoms with Crippen molar-refractivity contribution in [3.05, 3.63) is 38.6 Å². The molecule has 0 fully saturated rings. The molecule has 1 aromatic rings. The molecule has 0 heterocycles. The molecule has 0 unspecified atom stereocenters. The summed E-state index contributed by atoms with van der Waals surface area (Å²) in [5.41, 5.74) is 0.712. The monoisotopic (exact) mass is 394 g/mol. The first-order valence-electron chi connectivity index (χ1n) is 4.51. The fourth-order valence-corrected chi connectivity index (χ4v) is 2.97. The van der Waals surface area contributed by atoms with Gasteiger partial charge in [0.15, 0.2) is 0 Å². The number of allylic oxidation sites excluding steroid dienone is 1. The maximum Gasteiger partial charge on any atom is 0.425 e. The van der Waals surface area contributed by atoms with E-state index in [0.717, 1.165) is 12.1 Å². The zero-order valence-electron chi connectivity index (χ0n) is 8.92. The Morgan fingerprint density at radius 3 is 2.00 bits per heavy atom. The summed E-state index contributed by atoms with van der Waals surface area (Å²) in [7, 11) is -4.75. The number of sulfone groups is 1. The minimum absolute atomic E-state index is 0.510. The van der Waals surface area contributed by atoms with E-state index in [1.165, 1.54) is 12.1 Å². The molecule has 0 saturated heterocycles. The van der Waals surface area contributed by atoms with Crippen molar-refractivity contribution in [1.82, 2.24) is 0 Å². The summed E-state index contributed by atoms with van der Waals surface area (Å²) >= 11 is 0.633. The van der Waals surface area contributed by atoms with Gasteiger partial charge in [-0.15, -0.1) is 0 Å². The third-order valence-electron chi connectivity index (χ3n) is 1.99. The largest absolute Gasteiger partial charge is 0.425 e. The van der Waals surface area contributed by atoms with Gasteiger partial charge in [-0.3, -0.25) is 0 Å². The van der Waals surface area contributed by atoms with E-state index in [1.54, 1.807) is 6.92 Å². The molecule has 0 aromatic heterocycles. The Kier molecular flexibility index (Phi) is 4.42. The number of benzene rings is 1. The molecule has 1 rings (SSSR count). The zero-order chi connectivity index (χ0) is 14.1. The first-order chi connectivity index (χ1) is 8.06. The van der Waals surface area contributed by atoms with Crippen LogP contribution < -0.4 is 0 Å². The van der Waals surface area contributed by atoms with Gasteiger partial charge in [0.2, 0.25) is 15.0 Å². The number of alkyl halides is 3. The lowest BCUT2D eigenvalue weighted by Crippen LogP contribution is -2.13. The molecule has 0 N–H and O–H groups in total. The Morgan fingerprint density at radius 1 is 1.17 bits per heavy atom. The number of hydrogen-bond acceptors (Lipinski definition) is 2. The standard InChI is InChI=1S/C10H7F4IO2S/c1-6-2-4-7(5-3-6)18(16,17)9(11)8(15)10(12,13)14/h2-5H,1H3/b9-8-. The fourth-order valence-electron chi connectivity index (χ4n) is 1.05. The van der Waals surface area contributed by atoms with E-state index in [4.69, 9.17) is 0 Å². The number of hydrogen-bond donors (Lipinski definition) is 0. The predicted molar refractivity (Wildman–Crippen MR) is 66.6 cm³/mol. The second-order valence-electron chi connectivity index (χ2n) is 3.40. The highest BCUT2D eigenvalue weighted by molar-refractivity contribution is 14.1. The van der Waals surface area contributed by atoms with E-state index in [-0.39, 0.29) is 0 Å². The summed E-state index contributed by atoms with van der Waals surface area (Å²) in [5.74, 6) is 0. The quantitative estimate of drug-likeness (QED) is 0.563. The average Bonchev–Trinajstić information content (AvgIpc) is 2.26. The smallest absolute Gasteiger partial charge is 0.216 e. The van der Waals surface area contributed by atoms with Crippen molar-refractivity contribution < 1.29 is 26.0 Å². The molecule has 0 bridgehead atoms. The molecule has 8 heteroatoms. The second kappa shape index (κ2) is 5.16. The van der Waals surface area contributed by atoms with E-state index < -0.39 is 29.6 Å². The van der Waals surface area contributed by atoms with E-state index in [1.807, 2.05) is 0 Å². The minimum Gasteiger partial charge on any atom is -0.216 e. The van der Waals surface area contributed by atoms with Crippen molar-refractivity contribution in [3.63, 3.8) is 0 Å². The molecule has 0 aliphatic heterocycles. The van der Waals surface area contributed by atoms with Crippen LogP contribution in [0.15, 0.2) is 37.9 Å². The van der Waals surface area contributed by atoms with Gasteiger partial charge in [0.25, 0.3) is 0 Å². The van der Waals surface area contributed by atoms with Crippen LogP contribution in [-0.4, -0.2) is 14.6 Å². The molecule has 0 saturated carbocycles. The van der Waals surface area contributed by atoms with Gasteiger partial charge in [-0.25, -0.2) is 8.42 Å². The molecule has 18 heavy (non-hydrogen) atoms. The van der Waals surface area contributed by atoms with Gasteiger partial charge in [-0.2, -0.15) is 17.6 Å². The van der Waals surface area contributed by atoms with Crippen molar-refractivity contribution in [3.8, 4) is 0 Å². The Morgan fingerprint density at radius 2 is 1.61 bits per heavy atom. The van der Waals surface area contributed by atoms with Crippen LogP contribution in [0, 0.1) is 6.92 Å². The molecule has 0 aliphatic rings. The second-order valence-corrected chi connectivity index (χ2v) is 6.32. The third-order valence-corrected chi connectivity index (χ3v) is 5.01. The molecular formula is C10H7F4IO2S. The average molecular weight is 394 g/mol. The molecule has 0 amide bonds. The topological polar surface area (TPSA) is 34.1 Å². The molecule has 1 aromatic carbocycles. The molecule has 0 radical (unpaired) electrons. The first kappa shape index (κ1) is 15.4. The Hall–Kier alpha value is -0.640. The van der Waals surface area contributed by atoms with Gasteiger partial charge in [0, 0.05) is 0 Å². The van der Waals surface area contributed by atoms with Gasteiger partial charge < -0.3 is 0 Å². The van der Waals surface area contributed by atoms with Gasteiger partial charge in [0.05, 0.1) is 4.90 Å². The summed E-state index contributed by atoms with van der Waals surface area (Å²) in [5, 5.41) is -2.18. The molecule has 0 spiro atoms. The lowest BCUT2D eigenvalue weighted by Gasteiger charge is -2.08. The maximum absolute atomic E-state index is 13.4. The van der Waals surface area contributed by atoms with Crippen molar-refractivity contribution in [2.24, 2.45) is 0 Å². The van der Waals surface area contributed by atoms with Crippen molar-refractivity contribution >= 4 is 32.4 Å². The van der Waals surface area contributed by atoms with Crippen LogP contribution in [0.4, 0.5) is 17.6 Å². The van der Waals surface area contributed by atoms with Crippen molar-refractivity contribution in [2.45, 2.75) is 18.0 Å². The molecule has 2 nitrogen and oxygen atoms in total. The van der Waals surface area contributed by atoms with E-state index in [9.17, 15) is 26.0 Å². The molecule has 100 valence electrons. The molecule has 0 aliphatic carbocycles. The Balaban J connectivity index is 3.36. The maximum atomic E-state index is 13.4. The Labute approximate surface area is 115 Å². The fraction of sp³-hybridized carbons (Fsp3) is 0.200. The summed E-state index contributed by atoms with van der Waals surface area (Å²) < 4.78 is 71.5. The highest BCUT2D eigenvalue weighted by Gasteiger charge is 2.39. The minimum atomic E-state index is -5.03. The Bertz CT molecular complexity index is 573. The van der Waals surface area contributed by atoms with Gasteiger partial charge in [-0.05, 0) is 41.6 Å². The van der Waals surface area contributed by atoms with Crippen LogP contribution in [-0.2, 0) is 9.84 Å². The van der Waals surface area contributed by atoms with Crippen LogP contribution in [0.3, 0.4) is 0 Å². The van der Waals surface area contributed by atoms with E-state index >= 15 is 0 Å². The highest BCUT2D eigenvalue weighted by Crippen LogP contribution is 2.37. The normalized spacial score (nSPS) is 14.3. The summed E-state index contributed by atoms with van der Waals surface area (Å²) in [6.45, 7) is 1.67.